The summed E-state index contributed by atoms with van der Waals surface area (Å²) in [5.41, 5.74) is -0.237. The molecular weight excluding hydrogens is 287 g/mol. The summed E-state index contributed by atoms with van der Waals surface area (Å²) in [5.74, 6) is 0.701. The van der Waals surface area contributed by atoms with Crippen LogP contribution in [-0.4, -0.2) is 6.04 Å². The van der Waals surface area contributed by atoms with Crippen LogP contribution in [0, 0.1) is 5.92 Å². The Bertz CT molecular complexity index is 459. The van der Waals surface area contributed by atoms with Gasteiger partial charge in [0.15, 0.2) is 0 Å². The Hall–Kier alpha value is -0.900. The maximum absolute atomic E-state index is 12.8. The molecule has 1 aliphatic carbocycles. The van der Waals surface area contributed by atoms with Crippen LogP contribution in [0.3, 0.4) is 0 Å². The van der Waals surface area contributed by atoms with E-state index in [4.69, 9.17) is 11.6 Å². The van der Waals surface area contributed by atoms with E-state index < -0.39 is 11.7 Å². The van der Waals surface area contributed by atoms with Crippen molar-refractivity contribution in [2.75, 3.05) is 5.32 Å². The van der Waals surface area contributed by atoms with Crippen LogP contribution < -0.4 is 5.32 Å². The first-order chi connectivity index (χ1) is 9.34. The number of halogens is 4. The van der Waals surface area contributed by atoms with E-state index in [1.54, 1.807) is 6.07 Å². The fraction of sp³-hybridized carbons (Fsp3) is 0.600. The molecule has 0 radical (unpaired) electrons. The van der Waals surface area contributed by atoms with Gasteiger partial charge in [-0.1, -0.05) is 31.4 Å². The van der Waals surface area contributed by atoms with Crippen molar-refractivity contribution in [3.63, 3.8) is 0 Å². The summed E-state index contributed by atoms with van der Waals surface area (Å²) < 4.78 is 38.3. The lowest BCUT2D eigenvalue weighted by molar-refractivity contribution is -0.137. The van der Waals surface area contributed by atoms with Crippen molar-refractivity contribution in [2.24, 2.45) is 5.92 Å². The highest BCUT2D eigenvalue weighted by molar-refractivity contribution is 6.30. The number of anilines is 1. The van der Waals surface area contributed by atoms with Gasteiger partial charge in [0.2, 0.25) is 0 Å². The number of hydrogen-bond donors (Lipinski definition) is 1. The molecule has 1 N–H and O–H groups in total. The molecule has 5 heteroatoms. The minimum absolute atomic E-state index is 0.115. The number of hydrogen-bond acceptors (Lipinski definition) is 1. The Balaban J connectivity index is 2.11. The lowest BCUT2D eigenvalue weighted by Gasteiger charge is -2.19. The Kier molecular flexibility index (Phi) is 4.84. The molecule has 0 saturated heterocycles. The highest BCUT2D eigenvalue weighted by Gasteiger charge is 2.31. The second-order valence-electron chi connectivity index (χ2n) is 5.68. The molecule has 1 aromatic carbocycles. The van der Waals surface area contributed by atoms with E-state index in [0.29, 0.717) is 11.6 Å². The van der Waals surface area contributed by atoms with E-state index >= 15 is 0 Å². The number of rotatable bonds is 2. The van der Waals surface area contributed by atoms with E-state index in [1.807, 2.05) is 0 Å². The second kappa shape index (κ2) is 6.25. The van der Waals surface area contributed by atoms with Gasteiger partial charge < -0.3 is 5.32 Å². The average molecular weight is 306 g/mol. The second-order valence-corrected chi connectivity index (χ2v) is 6.12. The van der Waals surface area contributed by atoms with Crippen molar-refractivity contribution >= 4 is 17.3 Å². The van der Waals surface area contributed by atoms with Gasteiger partial charge in [0.1, 0.15) is 0 Å². The third-order valence-corrected chi connectivity index (χ3v) is 4.07. The fourth-order valence-electron chi connectivity index (χ4n) is 2.70. The van der Waals surface area contributed by atoms with Crippen LogP contribution in [0.5, 0.6) is 0 Å². The molecule has 0 aliphatic heterocycles. The molecule has 0 spiro atoms. The van der Waals surface area contributed by atoms with Gasteiger partial charge in [-0.15, -0.1) is 0 Å². The molecule has 0 bridgehead atoms. The summed E-state index contributed by atoms with van der Waals surface area (Å²) in [4.78, 5) is 0. The zero-order valence-corrected chi connectivity index (χ0v) is 12.2. The highest BCUT2D eigenvalue weighted by Crippen LogP contribution is 2.34. The molecule has 2 unspecified atom stereocenters. The van der Waals surface area contributed by atoms with Gasteiger partial charge in [-0.3, -0.25) is 0 Å². The van der Waals surface area contributed by atoms with Gasteiger partial charge in [0.05, 0.1) is 5.56 Å². The summed E-state index contributed by atoms with van der Waals surface area (Å²) in [6, 6.07) is 3.90. The Labute approximate surface area is 122 Å². The van der Waals surface area contributed by atoms with Crippen LogP contribution in [-0.2, 0) is 6.18 Å². The van der Waals surface area contributed by atoms with E-state index in [1.165, 1.54) is 6.42 Å². The molecule has 2 rings (SSSR count). The van der Waals surface area contributed by atoms with Gasteiger partial charge in [0, 0.05) is 16.8 Å². The smallest absolute Gasteiger partial charge is 0.382 e. The Morgan fingerprint density at radius 1 is 1.10 bits per heavy atom. The SMILES string of the molecule is CC1CCCC(Nc2cc(Cl)cc(C(F)(F)F)c2)CC1. The van der Waals surface area contributed by atoms with Crippen LogP contribution in [0.2, 0.25) is 5.02 Å². The normalized spacial score (nSPS) is 24.2. The van der Waals surface area contributed by atoms with Crippen molar-refractivity contribution in [3.05, 3.63) is 28.8 Å². The molecule has 2 atom stereocenters. The number of benzene rings is 1. The standard InChI is InChI=1S/C15H19ClF3N/c1-10-3-2-4-13(6-5-10)20-14-8-11(15(17,18)19)7-12(16)9-14/h7-10,13,20H,2-6H2,1H3. The van der Waals surface area contributed by atoms with Crippen LogP contribution in [0.4, 0.5) is 18.9 Å². The lowest BCUT2D eigenvalue weighted by Crippen LogP contribution is -2.19. The molecule has 112 valence electrons. The minimum atomic E-state index is -4.36. The zero-order chi connectivity index (χ0) is 14.8. The third-order valence-electron chi connectivity index (χ3n) is 3.85. The molecule has 1 aromatic rings. The molecule has 1 nitrogen and oxygen atoms in total. The minimum Gasteiger partial charge on any atom is -0.382 e. The van der Waals surface area contributed by atoms with Gasteiger partial charge in [-0.2, -0.15) is 13.2 Å². The first-order valence-corrected chi connectivity index (χ1v) is 7.36. The van der Waals surface area contributed by atoms with Crippen LogP contribution in [0.15, 0.2) is 18.2 Å². The number of alkyl halides is 3. The largest absolute Gasteiger partial charge is 0.416 e. The van der Waals surface area contributed by atoms with Gasteiger partial charge in [0.25, 0.3) is 0 Å². The third kappa shape index (κ3) is 4.30. The predicted octanol–water partition coefficient (Wildman–Crippen LogP) is 5.74. The van der Waals surface area contributed by atoms with E-state index in [2.05, 4.69) is 12.2 Å². The molecule has 1 aliphatic rings. The van der Waals surface area contributed by atoms with E-state index in [9.17, 15) is 13.2 Å². The predicted molar refractivity (Wildman–Crippen MR) is 76.1 cm³/mol. The summed E-state index contributed by atoms with van der Waals surface area (Å²) in [7, 11) is 0. The van der Waals surface area contributed by atoms with Gasteiger partial charge in [-0.05, 0) is 43.4 Å². The summed E-state index contributed by atoms with van der Waals surface area (Å²) in [6.07, 6.45) is 1.06. The molecule has 0 aromatic heterocycles. The maximum atomic E-state index is 12.8. The first-order valence-electron chi connectivity index (χ1n) is 6.99. The average Bonchev–Trinajstić information content (AvgIpc) is 2.53. The molecule has 0 amide bonds. The van der Waals surface area contributed by atoms with Crippen LogP contribution in [0.25, 0.3) is 0 Å². The maximum Gasteiger partial charge on any atom is 0.416 e. The quantitative estimate of drug-likeness (QED) is 0.687. The van der Waals surface area contributed by atoms with Crippen LogP contribution >= 0.6 is 11.6 Å². The molecule has 0 heterocycles. The van der Waals surface area contributed by atoms with Crippen molar-refractivity contribution < 1.29 is 13.2 Å². The van der Waals surface area contributed by atoms with Gasteiger partial charge >= 0.3 is 6.18 Å². The van der Waals surface area contributed by atoms with Crippen LogP contribution in [0.1, 0.15) is 44.6 Å². The molecule has 1 saturated carbocycles. The lowest BCUT2D eigenvalue weighted by atomic mass is 10.0. The van der Waals surface area contributed by atoms with Crippen molar-refractivity contribution in [1.82, 2.24) is 0 Å². The molecule has 20 heavy (non-hydrogen) atoms. The van der Waals surface area contributed by atoms with E-state index in [-0.39, 0.29) is 11.1 Å². The van der Waals surface area contributed by atoms with E-state index in [0.717, 1.165) is 37.8 Å². The first kappa shape index (κ1) is 15.5. The number of nitrogens with one attached hydrogen (secondary N) is 1. The Morgan fingerprint density at radius 3 is 2.55 bits per heavy atom. The Morgan fingerprint density at radius 2 is 1.85 bits per heavy atom. The highest BCUT2D eigenvalue weighted by atomic mass is 35.5. The van der Waals surface area contributed by atoms with Crippen molar-refractivity contribution in [1.29, 1.82) is 0 Å². The van der Waals surface area contributed by atoms with Crippen molar-refractivity contribution in [3.8, 4) is 0 Å². The fourth-order valence-corrected chi connectivity index (χ4v) is 2.94. The van der Waals surface area contributed by atoms with Gasteiger partial charge in [-0.25, -0.2) is 0 Å². The summed E-state index contributed by atoms with van der Waals surface area (Å²) >= 11 is 5.79. The topological polar surface area (TPSA) is 12.0 Å². The summed E-state index contributed by atoms with van der Waals surface area (Å²) in [6.45, 7) is 2.23. The van der Waals surface area contributed by atoms with Crippen molar-refractivity contribution in [2.45, 2.75) is 51.2 Å². The molecule has 1 fully saturated rings. The zero-order valence-electron chi connectivity index (χ0n) is 11.4. The monoisotopic (exact) mass is 305 g/mol. The molecular formula is C15H19ClF3N. The summed E-state index contributed by atoms with van der Waals surface area (Å²) in [5, 5.41) is 3.33.